The van der Waals surface area contributed by atoms with E-state index in [0.29, 0.717) is 11.9 Å². The molecular formula is C11H20N4OS. The Balaban J connectivity index is 2.93. The number of nitrogen functional groups attached to an aromatic ring is 1. The number of anilines is 2. The Morgan fingerprint density at radius 1 is 1.53 bits per heavy atom. The molecule has 1 atom stereocenters. The molecule has 0 amide bonds. The third-order valence-corrected chi connectivity index (χ3v) is 3.37. The molecule has 1 aromatic rings. The number of aromatic nitrogens is 2. The van der Waals surface area contributed by atoms with Crippen molar-refractivity contribution >= 4 is 23.5 Å². The fraction of sp³-hybridized carbons (Fsp3) is 0.636. The van der Waals surface area contributed by atoms with E-state index in [2.05, 4.69) is 28.0 Å². The van der Waals surface area contributed by atoms with Gasteiger partial charge in [0.25, 0.3) is 0 Å². The molecule has 0 saturated carbocycles. The van der Waals surface area contributed by atoms with Gasteiger partial charge in [0.2, 0.25) is 11.8 Å². The zero-order valence-corrected chi connectivity index (χ0v) is 11.6. The first-order valence-corrected chi connectivity index (χ1v) is 6.92. The van der Waals surface area contributed by atoms with Crippen molar-refractivity contribution in [3.8, 4) is 5.88 Å². The van der Waals surface area contributed by atoms with E-state index in [9.17, 15) is 0 Å². The number of hydrogen-bond acceptors (Lipinski definition) is 6. The summed E-state index contributed by atoms with van der Waals surface area (Å²) in [6.07, 6.45) is 3.16. The van der Waals surface area contributed by atoms with Gasteiger partial charge in [-0.05, 0) is 12.7 Å². The van der Waals surface area contributed by atoms with Gasteiger partial charge in [0.1, 0.15) is 5.82 Å². The summed E-state index contributed by atoms with van der Waals surface area (Å²) in [6, 6.07) is 2.24. The van der Waals surface area contributed by atoms with Gasteiger partial charge in [-0.3, -0.25) is 0 Å². The first-order chi connectivity index (χ1) is 8.12. The molecule has 1 unspecified atom stereocenters. The highest BCUT2D eigenvalue weighted by atomic mass is 32.2. The van der Waals surface area contributed by atoms with Crippen LogP contribution in [0.25, 0.3) is 0 Å². The van der Waals surface area contributed by atoms with Gasteiger partial charge in [-0.15, -0.1) is 0 Å². The van der Waals surface area contributed by atoms with Gasteiger partial charge in [-0.2, -0.15) is 21.7 Å². The minimum atomic E-state index is 0.241. The van der Waals surface area contributed by atoms with E-state index in [-0.39, 0.29) is 5.95 Å². The number of rotatable bonds is 6. The molecule has 6 heteroatoms. The zero-order chi connectivity index (χ0) is 12.8. The summed E-state index contributed by atoms with van der Waals surface area (Å²) >= 11 is 1.82. The minimum Gasteiger partial charge on any atom is -0.481 e. The lowest BCUT2D eigenvalue weighted by Gasteiger charge is -2.27. The highest BCUT2D eigenvalue weighted by molar-refractivity contribution is 7.98. The van der Waals surface area contributed by atoms with E-state index < -0.39 is 0 Å². The highest BCUT2D eigenvalue weighted by Gasteiger charge is 2.15. The van der Waals surface area contributed by atoms with Crippen molar-refractivity contribution < 1.29 is 4.74 Å². The van der Waals surface area contributed by atoms with Crippen LogP contribution in [0.5, 0.6) is 5.88 Å². The molecule has 96 valence electrons. The van der Waals surface area contributed by atoms with Crippen molar-refractivity contribution in [2.75, 3.05) is 36.8 Å². The molecule has 0 aromatic carbocycles. The van der Waals surface area contributed by atoms with Crippen LogP contribution in [0.1, 0.15) is 13.3 Å². The van der Waals surface area contributed by atoms with Crippen LogP contribution in [0, 0.1) is 0 Å². The molecule has 0 bridgehead atoms. The van der Waals surface area contributed by atoms with E-state index in [1.54, 1.807) is 13.2 Å². The van der Waals surface area contributed by atoms with Crippen LogP contribution in [-0.4, -0.2) is 42.2 Å². The molecule has 17 heavy (non-hydrogen) atoms. The Hall–Kier alpha value is -1.17. The molecule has 1 rings (SSSR count). The van der Waals surface area contributed by atoms with Crippen LogP contribution in [0.4, 0.5) is 11.8 Å². The minimum absolute atomic E-state index is 0.241. The standard InChI is InChI=1S/C11H20N4OS/c1-5-8(7-17-4)15(2)9-6-10(16-3)14-11(12)13-9/h6,8H,5,7H2,1-4H3,(H2,12,13,14). The molecule has 0 aliphatic carbocycles. The van der Waals surface area contributed by atoms with Crippen LogP contribution in [0.3, 0.4) is 0 Å². The molecule has 1 aromatic heterocycles. The monoisotopic (exact) mass is 256 g/mol. The van der Waals surface area contributed by atoms with Crippen LogP contribution in [-0.2, 0) is 0 Å². The topological polar surface area (TPSA) is 64.3 Å². The van der Waals surface area contributed by atoms with Crippen molar-refractivity contribution in [3.63, 3.8) is 0 Å². The fourth-order valence-corrected chi connectivity index (χ4v) is 2.44. The lowest BCUT2D eigenvalue weighted by atomic mass is 10.2. The van der Waals surface area contributed by atoms with Gasteiger partial charge in [0.15, 0.2) is 0 Å². The Kier molecular flexibility index (Phi) is 5.34. The quantitative estimate of drug-likeness (QED) is 0.835. The number of methoxy groups -OCH3 is 1. The van der Waals surface area contributed by atoms with Crippen molar-refractivity contribution in [2.45, 2.75) is 19.4 Å². The number of nitrogens with zero attached hydrogens (tertiary/aromatic N) is 3. The average Bonchev–Trinajstić information content (AvgIpc) is 2.34. The number of ether oxygens (including phenoxy) is 1. The molecule has 0 aliphatic heterocycles. The van der Waals surface area contributed by atoms with Gasteiger partial charge in [-0.1, -0.05) is 6.92 Å². The number of thioether (sulfide) groups is 1. The Bertz CT molecular complexity index is 361. The van der Waals surface area contributed by atoms with Crippen LogP contribution in [0.15, 0.2) is 6.07 Å². The molecule has 0 radical (unpaired) electrons. The first-order valence-electron chi connectivity index (χ1n) is 5.52. The predicted octanol–water partition coefficient (Wildman–Crippen LogP) is 1.65. The summed E-state index contributed by atoms with van der Waals surface area (Å²) < 4.78 is 5.10. The maximum absolute atomic E-state index is 5.65. The van der Waals surface area contributed by atoms with Gasteiger partial charge in [0, 0.05) is 24.9 Å². The molecule has 1 heterocycles. The van der Waals surface area contributed by atoms with Gasteiger partial charge >= 0.3 is 0 Å². The third-order valence-electron chi connectivity index (χ3n) is 2.65. The maximum Gasteiger partial charge on any atom is 0.225 e. The third kappa shape index (κ3) is 3.66. The predicted molar refractivity (Wildman–Crippen MR) is 73.9 cm³/mol. The normalized spacial score (nSPS) is 12.2. The van der Waals surface area contributed by atoms with E-state index in [1.807, 2.05) is 18.8 Å². The lowest BCUT2D eigenvalue weighted by Crippen LogP contribution is -2.34. The molecule has 2 N–H and O–H groups in total. The molecule has 5 nitrogen and oxygen atoms in total. The molecular weight excluding hydrogens is 236 g/mol. The van der Waals surface area contributed by atoms with Crippen molar-refractivity contribution in [1.29, 1.82) is 0 Å². The van der Waals surface area contributed by atoms with Crippen molar-refractivity contribution in [1.82, 2.24) is 9.97 Å². The van der Waals surface area contributed by atoms with E-state index in [1.165, 1.54) is 0 Å². The molecule has 0 fully saturated rings. The zero-order valence-electron chi connectivity index (χ0n) is 10.8. The number of nitrogens with two attached hydrogens (primary N) is 1. The van der Waals surface area contributed by atoms with E-state index >= 15 is 0 Å². The van der Waals surface area contributed by atoms with E-state index in [0.717, 1.165) is 18.0 Å². The summed E-state index contributed by atoms with van der Waals surface area (Å²) in [5, 5.41) is 0. The Morgan fingerprint density at radius 2 is 2.24 bits per heavy atom. The smallest absolute Gasteiger partial charge is 0.225 e. The SMILES string of the molecule is CCC(CSC)N(C)c1cc(OC)nc(N)n1. The van der Waals surface area contributed by atoms with Gasteiger partial charge < -0.3 is 15.4 Å². The Labute approximate surface area is 107 Å². The van der Waals surface area contributed by atoms with Gasteiger partial charge in [-0.25, -0.2) is 0 Å². The summed E-state index contributed by atoms with van der Waals surface area (Å²) in [5.74, 6) is 2.60. The second-order valence-corrected chi connectivity index (χ2v) is 4.67. The number of hydrogen-bond donors (Lipinski definition) is 1. The maximum atomic E-state index is 5.65. The molecule has 0 spiro atoms. The average molecular weight is 256 g/mol. The summed E-state index contributed by atoms with van der Waals surface area (Å²) in [4.78, 5) is 10.3. The van der Waals surface area contributed by atoms with Crippen LogP contribution >= 0.6 is 11.8 Å². The van der Waals surface area contributed by atoms with Crippen molar-refractivity contribution in [3.05, 3.63) is 6.07 Å². The van der Waals surface area contributed by atoms with Crippen molar-refractivity contribution in [2.24, 2.45) is 0 Å². The van der Waals surface area contributed by atoms with E-state index in [4.69, 9.17) is 10.5 Å². The summed E-state index contributed by atoms with van der Waals surface area (Å²) in [7, 11) is 3.59. The van der Waals surface area contributed by atoms with Crippen LogP contribution in [0.2, 0.25) is 0 Å². The second-order valence-electron chi connectivity index (χ2n) is 3.76. The second kappa shape index (κ2) is 6.54. The van der Waals surface area contributed by atoms with Crippen LogP contribution < -0.4 is 15.4 Å². The molecule has 0 saturated heterocycles. The Morgan fingerprint density at radius 3 is 2.76 bits per heavy atom. The largest absolute Gasteiger partial charge is 0.481 e. The molecule has 0 aliphatic rings. The lowest BCUT2D eigenvalue weighted by molar-refractivity contribution is 0.397. The fourth-order valence-electron chi connectivity index (χ4n) is 1.60. The summed E-state index contributed by atoms with van der Waals surface area (Å²) in [5.41, 5.74) is 5.65. The van der Waals surface area contributed by atoms with Gasteiger partial charge in [0.05, 0.1) is 7.11 Å². The summed E-state index contributed by atoms with van der Waals surface area (Å²) in [6.45, 7) is 2.17. The first kappa shape index (κ1) is 13.9. The highest BCUT2D eigenvalue weighted by Crippen LogP contribution is 2.21.